The second-order valence-electron chi connectivity index (χ2n) is 7.72. The molecule has 130 valence electrons. The third-order valence-electron chi connectivity index (χ3n) is 4.71. The monoisotopic (exact) mass is 343 g/mol. The average Bonchev–Trinajstić information content (AvgIpc) is 2.52. The molecule has 4 heteroatoms. The van der Waals surface area contributed by atoms with Gasteiger partial charge in [-0.05, 0) is 53.5 Å². The van der Waals surface area contributed by atoms with Crippen LogP contribution in [0.25, 0.3) is 0 Å². The summed E-state index contributed by atoms with van der Waals surface area (Å²) >= 11 is 0. The van der Waals surface area contributed by atoms with E-state index in [1.807, 2.05) is 24.3 Å². The highest BCUT2D eigenvalue weighted by Crippen LogP contribution is 2.37. The molecule has 2 rings (SSSR count). The van der Waals surface area contributed by atoms with Gasteiger partial charge in [0, 0.05) is 5.69 Å². The van der Waals surface area contributed by atoms with Gasteiger partial charge in [0.05, 0.1) is 6.61 Å². The van der Waals surface area contributed by atoms with E-state index in [9.17, 15) is 0 Å². The van der Waals surface area contributed by atoms with Crippen LogP contribution in [0, 0.1) is 0 Å². The Morgan fingerprint density at radius 3 is 1.83 bits per heavy atom. The SMILES string of the molecule is CC(C)(C)[Si](C)(C)OCc1ccc(COc2ccc(N)cc2)cc1. The zero-order valence-electron chi connectivity index (χ0n) is 15.4. The van der Waals surface area contributed by atoms with Crippen LogP contribution in [0.4, 0.5) is 5.69 Å². The number of rotatable bonds is 6. The van der Waals surface area contributed by atoms with Gasteiger partial charge in [-0.2, -0.15) is 0 Å². The fraction of sp³-hybridized carbons (Fsp3) is 0.400. The number of ether oxygens (including phenoxy) is 1. The maximum Gasteiger partial charge on any atom is 0.192 e. The predicted molar refractivity (Wildman–Crippen MR) is 104 cm³/mol. The fourth-order valence-corrected chi connectivity index (χ4v) is 2.90. The van der Waals surface area contributed by atoms with Crippen molar-refractivity contribution in [3.05, 3.63) is 59.7 Å². The van der Waals surface area contributed by atoms with Gasteiger partial charge in [0.1, 0.15) is 12.4 Å². The molecule has 0 spiro atoms. The molecule has 0 bridgehead atoms. The van der Waals surface area contributed by atoms with E-state index in [-0.39, 0.29) is 5.04 Å². The van der Waals surface area contributed by atoms with E-state index in [2.05, 4.69) is 58.1 Å². The summed E-state index contributed by atoms with van der Waals surface area (Å²) in [7, 11) is -1.70. The third kappa shape index (κ3) is 5.11. The lowest BCUT2D eigenvalue weighted by Gasteiger charge is -2.36. The van der Waals surface area contributed by atoms with Gasteiger partial charge in [0.25, 0.3) is 0 Å². The van der Waals surface area contributed by atoms with Gasteiger partial charge in [-0.25, -0.2) is 0 Å². The highest BCUT2D eigenvalue weighted by atomic mass is 28.4. The van der Waals surface area contributed by atoms with E-state index in [0.717, 1.165) is 17.0 Å². The molecule has 2 N–H and O–H groups in total. The Kier molecular flexibility index (Phi) is 5.73. The molecular weight excluding hydrogens is 314 g/mol. The highest BCUT2D eigenvalue weighted by Gasteiger charge is 2.36. The van der Waals surface area contributed by atoms with Crippen LogP contribution >= 0.6 is 0 Å². The topological polar surface area (TPSA) is 44.5 Å². The molecule has 0 aliphatic heterocycles. The van der Waals surface area contributed by atoms with Crippen molar-refractivity contribution in [2.45, 2.75) is 52.1 Å². The predicted octanol–water partition coefficient (Wildman–Crippen LogP) is 5.37. The summed E-state index contributed by atoms with van der Waals surface area (Å²) in [5.74, 6) is 0.828. The van der Waals surface area contributed by atoms with Crippen molar-refractivity contribution in [2.24, 2.45) is 0 Å². The summed E-state index contributed by atoms with van der Waals surface area (Å²) < 4.78 is 12.0. The number of hydrogen-bond acceptors (Lipinski definition) is 3. The van der Waals surface area contributed by atoms with Crippen molar-refractivity contribution in [3.63, 3.8) is 0 Å². The Labute approximate surface area is 146 Å². The molecule has 0 heterocycles. The van der Waals surface area contributed by atoms with E-state index in [1.165, 1.54) is 5.56 Å². The third-order valence-corrected chi connectivity index (χ3v) is 9.19. The first-order valence-electron chi connectivity index (χ1n) is 8.37. The number of anilines is 1. The van der Waals surface area contributed by atoms with Crippen molar-refractivity contribution >= 4 is 14.0 Å². The number of hydrogen-bond donors (Lipinski definition) is 1. The maximum absolute atomic E-state index is 6.26. The van der Waals surface area contributed by atoms with Crippen LogP contribution in [0.15, 0.2) is 48.5 Å². The van der Waals surface area contributed by atoms with Crippen molar-refractivity contribution in [1.82, 2.24) is 0 Å². The van der Waals surface area contributed by atoms with Crippen LogP contribution < -0.4 is 10.5 Å². The molecule has 0 saturated carbocycles. The molecule has 0 saturated heterocycles. The Morgan fingerprint density at radius 1 is 0.833 bits per heavy atom. The van der Waals surface area contributed by atoms with Crippen LogP contribution in [0.1, 0.15) is 31.9 Å². The minimum atomic E-state index is -1.70. The zero-order chi connectivity index (χ0) is 17.8. The van der Waals surface area contributed by atoms with E-state index >= 15 is 0 Å². The minimum absolute atomic E-state index is 0.236. The number of nitrogen functional groups attached to an aromatic ring is 1. The van der Waals surface area contributed by atoms with E-state index in [1.54, 1.807) is 0 Å². The average molecular weight is 344 g/mol. The molecule has 0 aromatic heterocycles. The Bertz CT molecular complexity index is 643. The molecular formula is C20H29NO2Si. The summed E-state index contributed by atoms with van der Waals surface area (Å²) in [4.78, 5) is 0. The summed E-state index contributed by atoms with van der Waals surface area (Å²) in [5.41, 5.74) is 8.76. The van der Waals surface area contributed by atoms with E-state index < -0.39 is 8.32 Å². The number of benzene rings is 2. The lowest BCUT2D eigenvalue weighted by atomic mass is 10.1. The quantitative estimate of drug-likeness (QED) is 0.566. The van der Waals surface area contributed by atoms with Crippen molar-refractivity contribution in [2.75, 3.05) is 5.73 Å². The standard InChI is InChI=1S/C20H29NO2Si/c1-20(2,3)24(4,5)23-15-17-8-6-16(7-9-17)14-22-19-12-10-18(21)11-13-19/h6-13H,14-15,21H2,1-5H3. The largest absolute Gasteiger partial charge is 0.489 e. The van der Waals surface area contributed by atoms with Crippen LogP contribution in [0.3, 0.4) is 0 Å². The van der Waals surface area contributed by atoms with Crippen LogP contribution in [0.5, 0.6) is 5.75 Å². The molecule has 0 fully saturated rings. The van der Waals surface area contributed by atoms with Gasteiger partial charge in [-0.15, -0.1) is 0 Å². The van der Waals surface area contributed by atoms with Crippen molar-refractivity contribution < 1.29 is 9.16 Å². The molecule has 0 amide bonds. The van der Waals surface area contributed by atoms with Gasteiger partial charge in [-0.3, -0.25) is 0 Å². The second kappa shape index (κ2) is 7.41. The molecule has 3 nitrogen and oxygen atoms in total. The first-order chi connectivity index (χ1) is 11.2. The molecule has 0 radical (unpaired) electrons. The van der Waals surface area contributed by atoms with Gasteiger partial charge < -0.3 is 14.9 Å². The van der Waals surface area contributed by atoms with Gasteiger partial charge in [0.2, 0.25) is 0 Å². The van der Waals surface area contributed by atoms with E-state index in [4.69, 9.17) is 14.9 Å². The second-order valence-corrected chi connectivity index (χ2v) is 12.5. The Balaban J connectivity index is 1.87. The first-order valence-corrected chi connectivity index (χ1v) is 11.3. The smallest absolute Gasteiger partial charge is 0.192 e. The molecule has 0 aliphatic rings. The summed E-state index contributed by atoms with van der Waals surface area (Å²) in [6.07, 6.45) is 0. The van der Waals surface area contributed by atoms with E-state index in [0.29, 0.717) is 13.2 Å². The molecule has 0 aliphatic carbocycles. The maximum atomic E-state index is 6.26. The Hall–Kier alpha value is -1.78. The summed E-state index contributed by atoms with van der Waals surface area (Å²) in [6, 6.07) is 15.9. The van der Waals surface area contributed by atoms with Gasteiger partial charge in [-0.1, -0.05) is 45.0 Å². The minimum Gasteiger partial charge on any atom is -0.489 e. The van der Waals surface area contributed by atoms with Crippen molar-refractivity contribution in [1.29, 1.82) is 0 Å². The normalized spacial score (nSPS) is 12.2. The Morgan fingerprint density at radius 2 is 1.33 bits per heavy atom. The van der Waals surface area contributed by atoms with Crippen LogP contribution in [-0.2, 0) is 17.6 Å². The lowest BCUT2D eigenvalue weighted by molar-refractivity contribution is 0.276. The zero-order valence-corrected chi connectivity index (χ0v) is 16.4. The molecule has 24 heavy (non-hydrogen) atoms. The lowest BCUT2D eigenvalue weighted by Crippen LogP contribution is -2.40. The molecule has 2 aromatic rings. The van der Waals surface area contributed by atoms with Crippen LogP contribution in [-0.4, -0.2) is 8.32 Å². The summed E-state index contributed by atoms with van der Waals surface area (Å²) in [5, 5.41) is 0.236. The van der Waals surface area contributed by atoms with Gasteiger partial charge in [0.15, 0.2) is 8.32 Å². The fourth-order valence-electron chi connectivity index (χ4n) is 1.94. The van der Waals surface area contributed by atoms with Gasteiger partial charge >= 0.3 is 0 Å². The number of nitrogens with two attached hydrogens (primary N) is 1. The highest BCUT2D eigenvalue weighted by molar-refractivity contribution is 6.74. The van der Waals surface area contributed by atoms with Crippen molar-refractivity contribution in [3.8, 4) is 5.75 Å². The molecule has 2 aromatic carbocycles. The first kappa shape index (κ1) is 18.6. The summed E-state index contributed by atoms with van der Waals surface area (Å²) in [6.45, 7) is 12.6. The molecule has 0 atom stereocenters. The van der Waals surface area contributed by atoms with Crippen LogP contribution in [0.2, 0.25) is 18.1 Å². The molecule has 0 unspecified atom stereocenters.